The number of halogens is 7. The number of carbonyl (C=O) groups excluding carboxylic acids is 3. The number of carbonyl (C=O) groups is 3. The molecule has 1 aliphatic rings. The van der Waals surface area contributed by atoms with Gasteiger partial charge < -0.3 is 16.0 Å². The van der Waals surface area contributed by atoms with E-state index in [1.807, 2.05) is 0 Å². The zero-order chi connectivity index (χ0) is 27.1. The van der Waals surface area contributed by atoms with Crippen molar-refractivity contribution in [2.75, 3.05) is 16.5 Å². The third-order valence-corrected chi connectivity index (χ3v) is 5.99. The summed E-state index contributed by atoms with van der Waals surface area (Å²) in [4.78, 5) is 37.5. The Hall–Kier alpha value is -3.70. The van der Waals surface area contributed by atoms with Gasteiger partial charge in [-0.3, -0.25) is 14.4 Å². The SMILES string of the molecule is O=C(CCl)Nc1cc(NC(=O)c2cc(F)cc(C(F)(F)F)c2)c2c(c1)C(=O)NC2c1cc(F)ccc1Cl. The second-order valence-corrected chi connectivity index (χ2v) is 8.59. The maximum absolute atomic E-state index is 14.0. The summed E-state index contributed by atoms with van der Waals surface area (Å²) >= 11 is 11.7. The summed E-state index contributed by atoms with van der Waals surface area (Å²) in [6.45, 7) is 0. The lowest BCUT2D eigenvalue weighted by Gasteiger charge is -2.19. The molecule has 13 heteroatoms. The summed E-state index contributed by atoms with van der Waals surface area (Å²) in [7, 11) is 0. The molecule has 6 nitrogen and oxygen atoms in total. The van der Waals surface area contributed by atoms with Crippen LogP contribution in [0.5, 0.6) is 0 Å². The molecule has 4 rings (SSSR count). The first-order chi connectivity index (χ1) is 17.4. The van der Waals surface area contributed by atoms with Crippen molar-refractivity contribution in [2.45, 2.75) is 12.2 Å². The molecule has 1 heterocycles. The quantitative estimate of drug-likeness (QED) is 0.269. The third-order valence-electron chi connectivity index (χ3n) is 5.40. The van der Waals surface area contributed by atoms with Crippen LogP contribution in [0.3, 0.4) is 0 Å². The van der Waals surface area contributed by atoms with Gasteiger partial charge in [0.2, 0.25) is 5.91 Å². The van der Waals surface area contributed by atoms with Gasteiger partial charge in [0.25, 0.3) is 11.8 Å². The summed E-state index contributed by atoms with van der Waals surface area (Å²) in [5, 5.41) is 7.46. The van der Waals surface area contributed by atoms with Gasteiger partial charge in [-0.05, 0) is 48.5 Å². The average molecular weight is 558 g/mol. The first-order valence-electron chi connectivity index (χ1n) is 10.4. The average Bonchev–Trinajstić information content (AvgIpc) is 3.16. The molecule has 0 spiro atoms. The number of anilines is 2. The maximum Gasteiger partial charge on any atom is 0.416 e. The lowest BCUT2D eigenvalue weighted by Crippen LogP contribution is -2.21. The summed E-state index contributed by atoms with van der Waals surface area (Å²) < 4.78 is 67.3. The number of benzene rings is 3. The normalized spacial score (nSPS) is 14.7. The topological polar surface area (TPSA) is 87.3 Å². The fraction of sp³-hybridized carbons (Fsp3) is 0.125. The highest BCUT2D eigenvalue weighted by Crippen LogP contribution is 2.41. The third kappa shape index (κ3) is 5.52. The highest BCUT2D eigenvalue weighted by atomic mass is 35.5. The monoisotopic (exact) mass is 557 g/mol. The van der Waals surface area contributed by atoms with E-state index in [4.69, 9.17) is 23.2 Å². The zero-order valence-corrected chi connectivity index (χ0v) is 19.8. The molecule has 0 saturated heterocycles. The minimum absolute atomic E-state index is 0.0241. The maximum atomic E-state index is 14.0. The molecule has 0 fully saturated rings. The Morgan fingerprint density at radius 2 is 1.70 bits per heavy atom. The Morgan fingerprint density at radius 1 is 0.973 bits per heavy atom. The van der Waals surface area contributed by atoms with E-state index in [0.717, 1.165) is 12.1 Å². The molecule has 0 aliphatic carbocycles. The van der Waals surface area contributed by atoms with E-state index in [2.05, 4.69) is 16.0 Å². The second kappa shape index (κ2) is 9.98. The van der Waals surface area contributed by atoms with Crippen LogP contribution in [0.2, 0.25) is 5.02 Å². The Balaban J connectivity index is 1.83. The molecule has 1 aliphatic heterocycles. The molecule has 3 aromatic rings. The molecule has 3 N–H and O–H groups in total. The Bertz CT molecular complexity index is 1450. The van der Waals surface area contributed by atoms with Crippen LogP contribution in [-0.2, 0) is 11.0 Å². The van der Waals surface area contributed by atoms with E-state index in [1.165, 1.54) is 18.2 Å². The molecule has 0 saturated carbocycles. The largest absolute Gasteiger partial charge is 0.416 e. The molecule has 3 amide bonds. The van der Waals surface area contributed by atoms with Gasteiger partial charge in [0.05, 0.1) is 11.6 Å². The van der Waals surface area contributed by atoms with Crippen molar-refractivity contribution in [3.05, 3.63) is 93.0 Å². The Morgan fingerprint density at radius 3 is 2.38 bits per heavy atom. The first kappa shape index (κ1) is 26.4. The number of hydrogen-bond donors (Lipinski definition) is 3. The van der Waals surface area contributed by atoms with E-state index in [9.17, 15) is 36.3 Å². The summed E-state index contributed by atoms with van der Waals surface area (Å²) in [5.41, 5.74) is -1.96. The van der Waals surface area contributed by atoms with Gasteiger partial charge in [-0.25, -0.2) is 8.78 Å². The van der Waals surface area contributed by atoms with Crippen LogP contribution < -0.4 is 16.0 Å². The number of fused-ring (bicyclic) bond motifs is 1. The zero-order valence-electron chi connectivity index (χ0n) is 18.3. The Kier molecular flexibility index (Phi) is 7.11. The van der Waals surface area contributed by atoms with Gasteiger partial charge >= 0.3 is 6.18 Å². The highest BCUT2D eigenvalue weighted by Gasteiger charge is 2.36. The number of alkyl halides is 4. The van der Waals surface area contributed by atoms with Crippen molar-refractivity contribution in [3.8, 4) is 0 Å². The molecule has 192 valence electrons. The first-order valence-corrected chi connectivity index (χ1v) is 11.3. The van der Waals surface area contributed by atoms with Crippen LogP contribution >= 0.6 is 23.2 Å². The number of rotatable bonds is 5. The van der Waals surface area contributed by atoms with Crippen LogP contribution in [0, 0.1) is 11.6 Å². The second-order valence-electron chi connectivity index (χ2n) is 7.92. The number of amides is 3. The van der Waals surface area contributed by atoms with Gasteiger partial charge in [-0.15, -0.1) is 11.6 Å². The van der Waals surface area contributed by atoms with Gasteiger partial charge in [0.1, 0.15) is 17.5 Å². The predicted octanol–water partition coefficient (Wildman–Crippen LogP) is 5.90. The van der Waals surface area contributed by atoms with E-state index in [-0.39, 0.29) is 39.2 Å². The molecule has 0 aromatic heterocycles. The van der Waals surface area contributed by atoms with Crippen LogP contribution in [0.4, 0.5) is 33.3 Å². The fourth-order valence-corrected chi connectivity index (χ4v) is 4.14. The van der Waals surface area contributed by atoms with E-state index >= 15 is 0 Å². The smallest absolute Gasteiger partial charge is 0.341 e. The minimum Gasteiger partial charge on any atom is -0.341 e. The fourth-order valence-electron chi connectivity index (χ4n) is 3.85. The van der Waals surface area contributed by atoms with Gasteiger partial charge in [0, 0.05) is 38.7 Å². The molecule has 0 bridgehead atoms. The molecular weight excluding hydrogens is 544 g/mol. The number of nitrogens with one attached hydrogen (secondary N) is 3. The number of hydrogen-bond acceptors (Lipinski definition) is 3. The summed E-state index contributed by atoms with van der Waals surface area (Å²) in [6, 6.07) is 6.16. The standard InChI is InChI=1S/C24H14Cl2F5N3O3/c25-9-19(35)32-14-7-16-20(21(34-23(16)37)15-6-12(27)1-2-17(15)26)18(8-14)33-22(36)10-3-11(24(29,30)31)5-13(28)4-10/h1-8,21H,9H2,(H,32,35)(H,33,36)(H,34,37). The van der Waals surface area contributed by atoms with Gasteiger partial charge in [0.15, 0.2) is 0 Å². The molecule has 1 unspecified atom stereocenters. The van der Waals surface area contributed by atoms with Crippen molar-refractivity contribution in [3.63, 3.8) is 0 Å². The van der Waals surface area contributed by atoms with Crippen molar-refractivity contribution >= 4 is 52.3 Å². The Labute approximate surface area is 215 Å². The van der Waals surface area contributed by atoms with E-state index in [0.29, 0.717) is 12.1 Å². The molecule has 3 aromatic carbocycles. The van der Waals surface area contributed by atoms with Crippen LogP contribution in [0.15, 0.2) is 48.5 Å². The van der Waals surface area contributed by atoms with Crippen LogP contribution in [0.1, 0.15) is 43.4 Å². The molecule has 1 atom stereocenters. The van der Waals surface area contributed by atoms with Crippen molar-refractivity contribution in [1.29, 1.82) is 0 Å². The lowest BCUT2D eigenvalue weighted by molar-refractivity contribution is -0.137. The predicted molar refractivity (Wildman–Crippen MR) is 126 cm³/mol. The highest BCUT2D eigenvalue weighted by molar-refractivity contribution is 6.31. The molecule has 0 radical (unpaired) electrons. The summed E-state index contributed by atoms with van der Waals surface area (Å²) in [6.07, 6.45) is -4.92. The molecular formula is C24H14Cl2F5N3O3. The van der Waals surface area contributed by atoms with E-state index in [1.54, 1.807) is 0 Å². The van der Waals surface area contributed by atoms with Crippen LogP contribution in [-0.4, -0.2) is 23.6 Å². The van der Waals surface area contributed by atoms with Gasteiger partial charge in [-0.1, -0.05) is 11.6 Å². The lowest BCUT2D eigenvalue weighted by atomic mass is 9.95. The van der Waals surface area contributed by atoms with Crippen LogP contribution in [0.25, 0.3) is 0 Å². The van der Waals surface area contributed by atoms with Crippen molar-refractivity contribution < 1.29 is 36.3 Å². The van der Waals surface area contributed by atoms with Gasteiger partial charge in [-0.2, -0.15) is 13.2 Å². The minimum atomic E-state index is -4.92. The van der Waals surface area contributed by atoms with Crippen molar-refractivity contribution in [1.82, 2.24) is 5.32 Å². The van der Waals surface area contributed by atoms with Crippen molar-refractivity contribution in [2.24, 2.45) is 0 Å². The molecule has 37 heavy (non-hydrogen) atoms. The van der Waals surface area contributed by atoms with E-state index < -0.39 is 58.6 Å². The summed E-state index contributed by atoms with van der Waals surface area (Å²) in [5.74, 6) is -4.86.